The van der Waals surface area contributed by atoms with Crippen LogP contribution in [0.5, 0.6) is 0 Å². The van der Waals surface area contributed by atoms with Crippen LogP contribution in [0.3, 0.4) is 0 Å². The van der Waals surface area contributed by atoms with E-state index in [0.29, 0.717) is 0 Å². The van der Waals surface area contributed by atoms with E-state index in [1.165, 1.54) is 7.11 Å². The summed E-state index contributed by atoms with van der Waals surface area (Å²) in [6.45, 7) is 10.2. The second kappa shape index (κ2) is 4.77. The molecule has 1 saturated heterocycles. The van der Waals surface area contributed by atoms with Crippen LogP contribution in [0.15, 0.2) is 36.3 Å². The first-order valence-electron chi connectivity index (χ1n) is 8.77. The minimum atomic E-state index is -1.02. The molecule has 0 aromatic rings. The molecule has 0 aromatic heterocycles. The predicted octanol–water partition coefficient (Wildman–Crippen LogP) is 3.13. The molecule has 2 fully saturated rings. The van der Waals surface area contributed by atoms with Gasteiger partial charge in [-0.3, -0.25) is 9.59 Å². The Morgan fingerprint density at radius 2 is 2.00 bits per heavy atom. The number of rotatable bonds is 2. The SMILES string of the molecule is C=C[C@]1(C)CC[C@H]2C(C)(C)[C@H]3C=C4C=C(OC)OC(=O)[C@@H]1[C@@]42OC3=O. The van der Waals surface area contributed by atoms with Crippen molar-refractivity contribution in [2.75, 3.05) is 7.11 Å². The third-order valence-electron chi connectivity index (χ3n) is 6.98. The highest BCUT2D eigenvalue weighted by Gasteiger charge is 2.72. The van der Waals surface area contributed by atoms with Gasteiger partial charge in [-0.1, -0.05) is 32.9 Å². The van der Waals surface area contributed by atoms with Gasteiger partial charge in [-0.25, -0.2) is 0 Å². The molecule has 5 rings (SSSR count). The molecule has 0 radical (unpaired) electrons. The molecule has 25 heavy (non-hydrogen) atoms. The average molecular weight is 344 g/mol. The van der Waals surface area contributed by atoms with Gasteiger partial charge in [0, 0.05) is 23.0 Å². The zero-order valence-electron chi connectivity index (χ0n) is 15.1. The highest BCUT2D eigenvalue weighted by molar-refractivity contribution is 5.86. The first-order chi connectivity index (χ1) is 11.7. The van der Waals surface area contributed by atoms with Crippen LogP contribution in [-0.2, 0) is 23.8 Å². The Bertz CT molecular complexity index is 745. The summed E-state index contributed by atoms with van der Waals surface area (Å²) in [7, 11) is 1.47. The molecule has 0 amide bonds. The standard InChI is InChI=1S/C20H24O5/c1-6-19(4)8-7-13-18(2,3)12-9-11-10-14(23-5)24-17(22)15(19)20(11,13)25-16(12)21/h6,9-10,12-13,15H,1,7-8H2,2-5H3/t12-,13-,15-,19+,20+/m0/s1. The van der Waals surface area contributed by atoms with Crippen LogP contribution in [0, 0.1) is 28.6 Å². The van der Waals surface area contributed by atoms with Crippen molar-refractivity contribution in [2.24, 2.45) is 28.6 Å². The molecule has 3 heterocycles. The first kappa shape index (κ1) is 16.4. The molecule has 2 aliphatic carbocycles. The minimum absolute atomic E-state index is 0.0423. The van der Waals surface area contributed by atoms with Crippen molar-refractivity contribution in [3.05, 3.63) is 36.3 Å². The second-order valence-corrected chi connectivity index (χ2v) is 8.46. The van der Waals surface area contributed by atoms with Gasteiger partial charge in [0.15, 0.2) is 5.60 Å². The van der Waals surface area contributed by atoms with Gasteiger partial charge < -0.3 is 14.2 Å². The predicted molar refractivity (Wildman–Crippen MR) is 89.9 cm³/mol. The first-order valence-corrected chi connectivity index (χ1v) is 8.77. The fourth-order valence-electron chi connectivity index (χ4n) is 5.57. The van der Waals surface area contributed by atoms with Gasteiger partial charge in [-0.05, 0) is 18.3 Å². The van der Waals surface area contributed by atoms with Crippen molar-refractivity contribution in [3.8, 4) is 0 Å². The molecule has 3 aliphatic heterocycles. The molecule has 1 spiro atoms. The number of methoxy groups -OCH3 is 1. The van der Waals surface area contributed by atoms with Crippen molar-refractivity contribution in [1.82, 2.24) is 0 Å². The van der Waals surface area contributed by atoms with E-state index >= 15 is 0 Å². The fourth-order valence-corrected chi connectivity index (χ4v) is 5.57. The number of carbonyl (C=O) groups is 2. The summed E-state index contributed by atoms with van der Waals surface area (Å²) < 4.78 is 16.8. The highest BCUT2D eigenvalue weighted by Crippen LogP contribution is 2.67. The van der Waals surface area contributed by atoms with Crippen LogP contribution in [-0.4, -0.2) is 24.6 Å². The molecule has 0 N–H and O–H groups in total. The number of fused-ring (bicyclic) bond motifs is 1. The maximum absolute atomic E-state index is 13.1. The van der Waals surface area contributed by atoms with Crippen molar-refractivity contribution in [2.45, 2.75) is 39.2 Å². The normalized spacial score (nSPS) is 43.8. The summed E-state index contributed by atoms with van der Waals surface area (Å²) in [5.41, 5.74) is -1.01. The lowest BCUT2D eigenvalue weighted by molar-refractivity contribution is -0.232. The topological polar surface area (TPSA) is 61.8 Å². The quantitative estimate of drug-likeness (QED) is 0.569. The Morgan fingerprint density at radius 3 is 2.64 bits per heavy atom. The smallest absolute Gasteiger partial charge is 0.322 e. The van der Waals surface area contributed by atoms with Crippen LogP contribution in [0.25, 0.3) is 0 Å². The third kappa shape index (κ3) is 1.79. The molecule has 0 aromatic carbocycles. The van der Waals surface area contributed by atoms with Gasteiger partial charge >= 0.3 is 11.9 Å². The third-order valence-corrected chi connectivity index (χ3v) is 6.98. The van der Waals surface area contributed by atoms with E-state index in [-0.39, 0.29) is 29.2 Å². The molecule has 0 unspecified atom stereocenters. The molecule has 1 saturated carbocycles. The monoisotopic (exact) mass is 344 g/mol. The lowest BCUT2D eigenvalue weighted by atomic mass is 9.44. The molecule has 5 nitrogen and oxygen atoms in total. The average Bonchev–Trinajstić information content (AvgIpc) is 2.67. The van der Waals surface area contributed by atoms with Gasteiger partial charge in [0.25, 0.3) is 5.95 Å². The summed E-state index contributed by atoms with van der Waals surface area (Å²) in [5, 5.41) is 0. The summed E-state index contributed by atoms with van der Waals surface area (Å²) in [6.07, 6.45) is 7.13. The van der Waals surface area contributed by atoms with Crippen LogP contribution < -0.4 is 0 Å². The van der Waals surface area contributed by atoms with E-state index in [1.807, 2.05) is 13.0 Å². The molecule has 134 valence electrons. The van der Waals surface area contributed by atoms with Crippen molar-refractivity contribution in [1.29, 1.82) is 0 Å². The summed E-state index contributed by atoms with van der Waals surface area (Å²) in [5.74, 6) is -1.47. The number of allylic oxidation sites excluding steroid dienone is 1. The van der Waals surface area contributed by atoms with E-state index in [9.17, 15) is 9.59 Å². The summed E-state index contributed by atoms with van der Waals surface area (Å²) in [6, 6.07) is 0. The Balaban J connectivity index is 2.04. The number of hydrogen-bond acceptors (Lipinski definition) is 5. The van der Waals surface area contributed by atoms with E-state index in [0.717, 1.165) is 18.4 Å². The Kier molecular flexibility index (Phi) is 3.14. The largest absolute Gasteiger partial charge is 0.468 e. The Morgan fingerprint density at radius 1 is 1.28 bits per heavy atom. The number of hydrogen-bond donors (Lipinski definition) is 0. The molecule has 5 aliphatic rings. The Hall–Kier alpha value is -2.04. The highest BCUT2D eigenvalue weighted by atomic mass is 16.7. The van der Waals surface area contributed by atoms with Gasteiger partial charge in [-0.2, -0.15) is 0 Å². The number of esters is 2. The van der Waals surface area contributed by atoms with Gasteiger partial charge in [0.05, 0.1) is 13.0 Å². The maximum atomic E-state index is 13.1. The molecule has 5 heteroatoms. The Labute approximate surface area is 147 Å². The molecule has 2 bridgehead atoms. The van der Waals surface area contributed by atoms with Crippen molar-refractivity contribution < 1.29 is 23.8 Å². The molecule has 5 atom stereocenters. The van der Waals surface area contributed by atoms with Gasteiger partial charge in [-0.15, -0.1) is 6.58 Å². The van der Waals surface area contributed by atoms with E-state index in [4.69, 9.17) is 14.2 Å². The summed E-state index contributed by atoms with van der Waals surface area (Å²) in [4.78, 5) is 25.8. The number of carbonyl (C=O) groups excluding carboxylic acids is 2. The summed E-state index contributed by atoms with van der Waals surface area (Å²) >= 11 is 0. The fraction of sp³-hybridized carbons (Fsp3) is 0.600. The lowest BCUT2D eigenvalue weighted by Crippen LogP contribution is -2.70. The van der Waals surface area contributed by atoms with E-state index < -0.39 is 22.9 Å². The van der Waals surface area contributed by atoms with Crippen LogP contribution in [0.2, 0.25) is 0 Å². The lowest BCUT2D eigenvalue weighted by Gasteiger charge is -2.64. The number of cyclic esters (lactones) is 1. The van der Waals surface area contributed by atoms with Gasteiger partial charge in [0.1, 0.15) is 5.92 Å². The van der Waals surface area contributed by atoms with E-state index in [2.05, 4.69) is 20.4 Å². The van der Waals surface area contributed by atoms with Crippen LogP contribution in [0.1, 0.15) is 33.6 Å². The van der Waals surface area contributed by atoms with Crippen molar-refractivity contribution >= 4 is 11.9 Å². The molecular weight excluding hydrogens is 320 g/mol. The van der Waals surface area contributed by atoms with Crippen LogP contribution >= 0.6 is 0 Å². The van der Waals surface area contributed by atoms with Gasteiger partial charge in [0.2, 0.25) is 0 Å². The van der Waals surface area contributed by atoms with Crippen LogP contribution in [0.4, 0.5) is 0 Å². The minimum Gasteiger partial charge on any atom is -0.468 e. The van der Waals surface area contributed by atoms with Crippen molar-refractivity contribution in [3.63, 3.8) is 0 Å². The molecular formula is C20H24O5. The number of ether oxygens (including phenoxy) is 3. The second-order valence-electron chi connectivity index (χ2n) is 8.46. The maximum Gasteiger partial charge on any atom is 0.322 e. The zero-order valence-corrected chi connectivity index (χ0v) is 15.1. The zero-order chi connectivity index (χ0) is 18.2. The van der Waals surface area contributed by atoms with E-state index in [1.54, 1.807) is 12.2 Å².